The van der Waals surface area contributed by atoms with Gasteiger partial charge in [0.05, 0.1) is 12.2 Å². The molecule has 0 fully saturated rings. The SMILES string of the molecule is CC(C)(CCO)OCC(C)(C)SC(C)(C)C. The van der Waals surface area contributed by atoms with Gasteiger partial charge in [0, 0.05) is 16.1 Å². The Balaban J connectivity index is 4.18. The normalized spacial score (nSPS) is 14.2. The molecule has 0 aliphatic heterocycles. The highest BCUT2D eigenvalue weighted by atomic mass is 32.2. The number of hydrogen-bond donors (Lipinski definition) is 1. The molecule has 0 saturated heterocycles. The van der Waals surface area contributed by atoms with Crippen molar-refractivity contribution in [2.75, 3.05) is 13.2 Å². The minimum absolute atomic E-state index is 0.102. The van der Waals surface area contributed by atoms with E-state index >= 15 is 0 Å². The molecule has 0 aromatic heterocycles. The van der Waals surface area contributed by atoms with Gasteiger partial charge in [0.15, 0.2) is 0 Å². The van der Waals surface area contributed by atoms with E-state index in [0.717, 1.165) is 0 Å². The maximum Gasteiger partial charge on any atom is 0.0649 e. The number of aliphatic hydroxyl groups is 1. The van der Waals surface area contributed by atoms with Gasteiger partial charge in [-0.2, -0.15) is 0 Å². The maximum absolute atomic E-state index is 8.93. The van der Waals surface area contributed by atoms with Crippen LogP contribution in [0.4, 0.5) is 0 Å². The van der Waals surface area contributed by atoms with Gasteiger partial charge in [0.2, 0.25) is 0 Å². The highest BCUT2D eigenvalue weighted by Crippen LogP contribution is 2.37. The van der Waals surface area contributed by atoms with E-state index in [-0.39, 0.29) is 21.7 Å². The highest BCUT2D eigenvalue weighted by molar-refractivity contribution is 8.01. The van der Waals surface area contributed by atoms with Crippen LogP contribution in [0.3, 0.4) is 0 Å². The standard InChI is InChI=1S/C13H28O2S/c1-11(2,3)16-13(6,7)10-15-12(4,5)8-9-14/h14H,8-10H2,1-7H3. The second kappa shape index (κ2) is 5.74. The third kappa shape index (κ3) is 8.43. The summed E-state index contributed by atoms with van der Waals surface area (Å²) in [4.78, 5) is 0. The van der Waals surface area contributed by atoms with E-state index in [1.54, 1.807) is 0 Å². The lowest BCUT2D eigenvalue weighted by Crippen LogP contribution is -2.35. The Hall–Kier alpha value is 0.270. The van der Waals surface area contributed by atoms with Gasteiger partial charge in [-0.25, -0.2) is 0 Å². The number of ether oxygens (including phenoxy) is 1. The number of aliphatic hydroxyl groups excluding tert-OH is 1. The lowest BCUT2D eigenvalue weighted by Gasteiger charge is -2.35. The second-order valence-electron chi connectivity index (χ2n) is 6.50. The molecule has 16 heavy (non-hydrogen) atoms. The number of thioether (sulfide) groups is 1. The Morgan fingerprint density at radius 3 is 1.88 bits per heavy atom. The molecule has 0 atom stereocenters. The lowest BCUT2D eigenvalue weighted by molar-refractivity contribution is -0.0393. The molecule has 1 N–H and O–H groups in total. The molecular formula is C13H28O2S. The minimum atomic E-state index is -0.232. The van der Waals surface area contributed by atoms with Crippen molar-refractivity contribution in [1.29, 1.82) is 0 Å². The van der Waals surface area contributed by atoms with E-state index in [1.807, 2.05) is 25.6 Å². The van der Waals surface area contributed by atoms with Crippen molar-refractivity contribution >= 4 is 11.8 Å². The monoisotopic (exact) mass is 248 g/mol. The zero-order valence-corrected chi connectivity index (χ0v) is 12.7. The Kier molecular flexibility index (Phi) is 5.84. The second-order valence-corrected chi connectivity index (χ2v) is 9.03. The summed E-state index contributed by atoms with van der Waals surface area (Å²) in [6.45, 7) is 16.0. The zero-order valence-electron chi connectivity index (χ0n) is 11.9. The molecule has 0 radical (unpaired) electrons. The molecule has 0 heterocycles. The van der Waals surface area contributed by atoms with Crippen LogP contribution in [-0.2, 0) is 4.74 Å². The molecular weight excluding hydrogens is 220 g/mol. The summed E-state index contributed by atoms with van der Waals surface area (Å²) in [5.41, 5.74) is -0.232. The Morgan fingerprint density at radius 2 is 1.50 bits per heavy atom. The fourth-order valence-electron chi connectivity index (χ4n) is 1.57. The van der Waals surface area contributed by atoms with Gasteiger partial charge < -0.3 is 9.84 Å². The van der Waals surface area contributed by atoms with Gasteiger partial charge in [0.25, 0.3) is 0 Å². The van der Waals surface area contributed by atoms with Crippen LogP contribution in [0.2, 0.25) is 0 Å². The first kappa shape index (κ1) is 16.3. The predicted octanol–water partition coefficient (Wildman–Crippen LogP) is 3.47. The number of hydrogen-bond acceptors (Lipinski definition) is 3. The van der Waals surface area contributed by atoms with Crippen LogP contribution in [0.1, 0.15) is 54.9 Å². The first-order valence-electron chi connectivity index (χ1n) is 5.92. The molecule has 0 aliphatic carbocycles. The molecule has 0 rings (SSSR count). The summed E-state index contributed by atoms with van der Waals surface area (Å²) in [6, 6.07) is 0. The van der Waals surface area contributed by atoms with Crippen LogP contribution >= 0.6 is 11.8 Å². The van der Waals surface area contributed by atoms with E-state index in [4.69, 9.17) is 9.84 Å². The van der Waals surface area contributed by atoms with Crippen LogP contribution in [0.25, 0.3) is 0 Å². The molecule has 0 aliphatic rings. The van der Waals surface area contributed by atoms with Crippen molar-refractivity contribution in [3.8, 4) is 0 Å². The average Bonchev–Trinajstić information content (AvgIpc) is 1.97. The lowest BCUT2D eigenvalue weighted by atomic mass is 10.1. The van der Waals surface area contributed by atoms with E-state index in [0.29, 0.717) is 13.0 Å². The molecule has 0 unspecified atom stereocenters. The maximum atomic E-state index is 8.93. The molecule has 0 bridgehead atoms. The fraction of sp³-hybridized carbons (Fsp3) is 1.00. The van der Waals surface area contributed by atoms with Gasteiger partial charge in [-0.15, -0.1) is 11.8 Å². The average molecular weight is 248 g/mol. The quantitative estimate of drug-likeness (QED) is 0.780. The fourth-order valence-corrected chi connectivity index (χ4v) is 3.34. The molecule has 0 amide bonds. The third-order valence-electron chi connectivity index (χ3n) is 2.11. The van der Waals surface area contributed by atoms with Gasteiger partial charge >= 0.3 is 0 Å². The van der Waals surface area contributed by atoms with Crippen molar-refractivity contribution in [2.45, 2.75) is 70.0 Å². The molecule has 0 aromatic carbocycles. The van der Waals surface area contributed by atoms with E-state index < -0.39 is 0 Å². The van der Waals surface area contributed by atoms with Crippen LogP contribution in [-0.4, -0.2) is 33.4 Å². The molecule has 3 heteroatoms. The molecule has 0 spiro atoms. The third-order valence-corrected chi connectivity index (χ3v) is 3.39. The Labute approximate surface area is 105 Å². The Morgan fingerprint density at radius 1 is 1.00 bits per heavy atom. The molecule has 0 saturated carbocycles. The minimum Gasteiger partial charge on any atom is -0.396 e. The smallest absolute Gasteiger partial charge is 0.0649 e. The van der Waals surface area contributed by atoms with Crippen LogP contribution in [0.15, 0.2) is 0 Å². The molecule has 2 nitrogen and oxygen atoms in total. The van der Waals surface area contributed by atoms with Gasteiger partial charge in [-0.05, 0) is 34.1 Å². The summed E-state index contributed by atoms with van der Waals surface area (Å²) in [7, 11) is 0. The van der Waals surface area contributed by atoms with E-state index in [1.165, 1.54) is 0 Å². The van der Waals surface area contributed by atoms with Gasteiger partial charge in [-0.1, -0.05) is 20.8 Å². The summed E-state index contributed by atoms with van der Waals surface area (Å²) in [5.74, 6) is 0. The first-order valence-corrected chi connectivity index (χ1v) is 6.74. The zero-order chi connectivity index (χ0) is 13.0. The van der Waals surface area contributed by atoms with Crippen LogP contribution < -0.4 is 0 Å². The first-order chi connectivity index (χ1) is 6.97. The van der Waals surface area contributed by atoms with Crippen LogP contribution in [0, 0.1) is 0 Å². The van der Waals surface area contributed by atoms with Crippen molar-refractivity contribution < 1.29 is 9.84 Å². The van der Waals surface area contributed by atoms with Crippen molar-refractivity contribution in [2.24, 2.45) is 0 Å². The summed E-state index contributed by atoms with van der Waals surface area (Å²) >= 11 is 1.93. The topological polar surface area (TPSA) is 29.5 Å². The largest absolute Gasteiger partial charge is 0.396 e. The van der Waals surface area contributed by atoms with E-state index in [2.05, 4.69) is 34.6 Å². The van der Waals surface area contributed by atoms with E-state index in [9.17, 15) is 0 Å². The summed E-state index contributed by atoms with van der Waals surface area (Å²) in [6.07, 6.45) is 0.684. The van der Waals surface area contributed by atoms with Crippen molar-refractivity contribution in [1.82, 2.24) is 0 Å². The summed E-state index contributed by atoms with van der Waals surface area (Å²) < 4.78 is 6.25. The molecule has 98 valence electrons. The van der Waals surface area contributed by atoms with Gasteiger partial charge in [0.1, 0.15) is 0 Å². The highest BCUT2D eigenvalue weighted by Gasteiger charge is 2.29. The predicted molar refractivity (Wildman–Crippen MR) is 73.2 cm³/mol. The van der Waals surface area contributed by atoms with Gasteiger partial charge in [-0.3, -0.25) is 0 Å². The summed E-state index contributed by atoms with van der Waals surface area (Å²) in [5, 5.41) is 8.93. The van der Waals surface area contributed by atoms with Crippen LogP contribution in [0.5, 0.6) is 0 Å². The number of rotatable bonds is 6. The van der Waals surface area contributed by atoms with Crippen molar-refractivity contribution in [3.63, 3.8) is 0 Å². The Bertz CT molecular complexity index is 204. The van der Waals surface area contributed by atoms with Crippen molar-refractivity contribution in [3.05, 3.63) is 0 Å². The molecule has 0 aromatic rings.